The Morgan fingerprint density at radius 2 is 2.18 bits per heavy atom. The highest BCUT2D eigenvalue weighted by Crippen LogP contribution is 2.19. The van der Waals surface area contributed by atoms with E-state index in [0.717, 1.165) is 13.0 Å². The highest BCUT2D eigenvalue weighted by molar-refractivity contribution is 14.0. The first-order chi connectivity index (χ1) is 10.1. The van der Waals surface area contributed by atoms with Gasteiger partial charge in [0.1, 0.15) is 6.54 Å². The van der Waals surface area contributed by atoms with E-state index in [2.05, 4.69) is 28.3 Å². The highest BCUT2D eigenvalue weighted by Gasteiger charge is 2.06. The summed E-state index contributed by atoms with van der Waals surface area (Å²) in [5.74, 6) is 0.659. The number of hydrogen-bond acceptors (Lipinski definition) is 2. The molecule has 0 heterocycles. The molecule has 1 amide bonds. The Bertz CT molecular complexity index is 405. The van der Waals surface area contributed by atoms with Crippen molar-refractivity contribution in [2.75, 3.05) is 33.7 Å². The number of amides is 1. The molecule has 2 N–H and O–H groups in total. The van der Waals surface area contributed by atoms with Crippen LogP contribution >= 0.6 is 24.0 Å². The fraction of sp³-hybridized carbons (Fsp3) is 0.625. The third-order valence-corrected chi connectivity index (χ3v) is 3.41. The maximum absolute atomic E-state index is 11.6. The summed E-state index contributed by atoms with van der Waals surface area (Å²) >= 11 is 0. The molecule has 1 aliphatic rings. The summed E-state index contributed by atoms with van der Waals surface area (Å²) in [7, 11) is 3.47. The van der Waals surface area contributed by atoms with E-state index in [1.807, 2.05) is 0 Å². The van der Waals surface area contributed by atoms with Crippen LogP contribution in [-0.4, -0.2) is 50.5 Å². The first-order valence-corrected chi connectivity index (χ1v) is 7.64. The molecule has 5 nitrogen and oxygen atoms in total. The van der Waals surface area contributed by atoms with Crippen LogP contribution in [0.15, 0.2) is 29.3 Å². The number of guanidine groups is 1. The lowest BCUT2D eigenvalue weighted by Crippen LogP contribution is -2.39. The number of nitrogens with zero attached hydrogens (tertiary/aromatic N) is 2. The molecule has 0 aromatic rings. The molecule has 0 saturated heterocycles. The van der Waals surface area contributed by atoms with Gasteiger partial charge in [0.05, 0.1) is 0 Å². The Labute approximate surface area is 151 Å². The quantitative estimate of drug-likeness (QED) is 0.288. The van der Waals surface area contributed by atoms with Gasteiger partial charge < -0.3 is 15.5 Å². The number of carbonyl (C=O) groups excluding carboxylic acids is 1. The van der Waals surface area contributed by atoms with Gasteiger partial charge in [0.15, 0.2) is 5.96 Å². The van der Waals surface area contributed by atoms with Crippen molar-refractivity contribution in [3.63, 3.8) is 0 Å². The minimum absolute atomic E-state index is 0. The molecule has 0 aromatic heterocycles. The number of rotatable bonds is 7. The summed E-state index contributed by atoms with van der Waals surface area (Å²) < 4.78 is 0. The number of halogens is 1. The summed E-state index contributed by atoms with van der Waals surface area (Å²) in [5.41, 5.74) is 1.53. The molecule has 0 spiro atoms. The van der Waals surface area contributed by atoms with Crippen molar-refractivity contribution < 1.29 is 4.79 Å². The lowest BCUT2D eigenvalue weighted by Gasteiger charge is -2.15. The number of hydrogen-bond donors (Lipinski definition) is 2. The van der Waals surface area contributed by atoms with Crippen LogP contribution in [0.3, 0.4) is 0 Å². The van der Waals surface area contributed by atoms with E-state index >= 15 is 0 Å². The van der Waals surface area contributed by atoms with Crippen molar-refractivity contribution in [3.05, 3.63) is 24.3 Å². The Balaban J connectivity index is 0.00000441. The van der Waals surface area contributed by atoms with Crippen molar-refractivity contribution in [1.82, 2.24) is 15.5 Å². The predicted octanol–water partition coefficient (Wildman–Crippen LogP) is 2.30. The molecule has 0 aliphatic heterocycles. The normalized spacial score (nSPS) is 14.5. The summed E-state index contributed by atoms with van der Waals surface area (Å²) in [6, 6.07) is 0. The molecule has 22 heavy (non-hydrogen) atoms. The Morgan fingerprint density at radius 3 is 2.77 bits per heavy atom. The Hall–Kier alpha value is -1.05. The van der Waals surface area contributed by atoms with Crippen molar-refractivity contribution in [2.24, 2.45) is 4.99 Å². The van der Waals surface area contributed by atoms with Crippen molar-refractivity contribution in [3.8, 4) is 0 Å². The van der Waals surface area contributed by atoms with Gasteiger partial charge in [-0.15, -0.1) is 30.6 Å². The fourth-order valence-corrected chi connectivity index (χ4v) is 2.10. The molecule has 1 aliphatic carbocycles. The topological polar surface area (TPSA) is 56.7 Å². The smallest absolute Gasteiger partial charge is 0.243 e. The van der Waals surface area contributed by atoms with E-state index in [0.29, 0.717) is 12.5 Å². The summed E-state index contributed by atoms with van der Waals surface area (Å²) in [6.07, 6.45) is 10.2. The zero-order chi connectivity index (χ0) is 15.5. The number of carbonyl (C=O) groups is 1. The third kappa shape index (κ3) is 9.07. The molecule has 0 unspecified atom stereocenters. The number of nitrogens with one attached hydrogen (secondary N) is 2. The molecule has 0 radical (unpaired) electrons. The van der Waals surface area contributed by atoms with Gasteiger partial charge in [-0.25, -0.2) is 4.99 Å². The Kier molecular flexibility index (Phi) is 11.9. The molecular weight excluding hydrogens is 391 g/mol. The number of allylic oxidation sites excluding steroid dienone is 1. The maximum atomic E-state index is 11.6. The average Bonchev–Trinajstić information content (AvgIpc) is 2.50. The molecular formula is C16H29IN4O. The van der Waals surface area contributed by atoms with Gasteiger partial charge in [-0.05, 0) is 32.1 Å². The summed E-state index contributed by atoms with van der Waals surface area (Å²) in [6.45, 7) is 5.30. The van der Waals surface area contributed by atoms with Crippen LogP contribution in [0.2, 0.25) is 0 Å². The van der Waals surface area contributed by atoms with Crippen LogP contribution in [0.1, 0.15) is 32.1 Å². The SMILES string of the molecule is C=CCNC(=NCC(=O)N(C)C)NCCC1=CCCCC1.I. The first kappa shape index (κ1) is 20.9. The minimum Gasteiger partial charge on any atom is -0.356 e. The number of aliphatic imine (C=N–C) groups is 1. The molecule has 1 rings (SSSR count). The largest absolute Gasteiger partial charge is 0.356 e. The maximum Gasteiger partial charge on any atom is 0.243 e. The van der Waals surface area contributed by atoms with Crippen molar-refractivity contribution in [2.45, 2.75) is 32.1 Å². The fourth-order valence-electron chi connectivity index (χ4n) is 2.10. The lowest BCUT2D eigenvalue weighted by atomic mass is 9.97. The Morgan fingerprint density at radius 1 is 1.41 bits per heavy atom. The van der Waals surface area contributed by atoms with Gasteiger partial charge in [0.25, 0.3) is 0 Å². The van der Waals surface area contributed by atoms with Gasteiger partial charge in [-0.1, -0.05) is 17.7 Å². The standard InChI is InChI=1S/C16H28N4O.HI/c1-4-11-17-16(19-13-15(21)20(2)3)18-12-10-14-8-6-5-7-9-14;/h4,8H,1,5-7,9-13H2,2-3H3,(H2,17,18,19);1H. The van der Waals surface area contributed by atoms with E-state index in [1.54, 1.807) is 25.1 Å². The molecule has 0 fully saturated rings. The molecule has 0 atom stereocenters. The molecule has 0 saturated carbocycles. The predicted molar refractivity (Wildman–Crippen MR) is 104 cm³/mol. The zero-order valence-corrected chi connectivity index (χ0v) is 16.1. The minimum atomic E-state index is -0.00954. The number of likely N-dealkylation sites (N-methyl/N-ethyl adjacent to an activating group) is 1. The first-order valence-electron chi connectivity index (χ1n) is 7.64. The lowest BCUT2D eigenvalue weighted by molar-refractivity contribution is -0.127. The van der Waals surface area contributed by atoms with Crippen LogP contribution in [0.5, 0.6) is 0 Å². The van der Waals surface area contributed by atoms with Crippen LogP contribution in [0.4, 0.5) is 0 Å². The summed E-state index contributed by atoms with van der Waals surface area (Å²) in [4.78, 5) is 17.4. The van der Waals surface area contributed by atoms with Crippen molar-refractivity contribution in [1.29, 1.82) is 0 Å². The summed E-state index contributed by atoms with van der Waals surface area (Å²) in [5, 5.41) is 6.41. The van der Waals surface area contributed by atoms with Crippen LogP contribution in [0.25, 0.3) is 0 Å². The highest BCUT2D eigenvalue weighted by atomic mass is 127. The second-order valence-electron chi connectivity index (χ2n) is 5.41. The molecule has 0 bridgehead atoms. The van der Waals surface area contributed by atoms with E-state index < -0.39 is 0 Å². The monoisotopic (exact) mass is 420 g/mol. The molecule has 126 valence electrons. The van der Waals surface area contributed by atoms with Crippen LogP contribution in [-0.2, 0) is 4.79 Å². The average molecular weight is 420 g/mol. The van der Waals surface area contributed by atoms with Crippen LogP contribution < -0.4 is 10.6 Å². The van der Waals surface area contributed by atoms with E-state index in [-0.39, 0.29) is 36.4 Å². The van der Waals surface area contributed by atoms with Crippen LogP contribution in [0, 0.1) is 0 Å². The second-order valence-corrected chi connectivity index (χ2v) is 5.41. The van der Waals surface area contributed by atoms with Crippen molar-refractivity contribution >= 4 is 35.8 Å². The molecule has 0 aromatic carbocycles. The van der Waals surface area contributed by atoms with E-state index in [4.69, 9.17) is 0 Å². The molecule has 6 heteroatoms. The van der Waals surface area contributed by atoms with Gasteiger partial charge >= 0.3 is 0 Å². The third-order valence-electron chi connectivity index (χ3n) is 3.41. The van der Waals surface area contributed by atoms with Gasteiger partial charge in [-0.2, -0.15) is 0 Å². The zero-order valence-electron chi connectivity index (χ0n) is 13.7. The second kappa shape index (κ2) is 12.5. The van der Waals surface area contributed by atoms with Gasteiger partial charge in [0, 0.05) is 27.2 Å². The van der Waals surface area contributed by atoms with E-state index in [9.17, 15) is 4.79 Å². The van der Waals surface area contributed by atoms with E-state index in [1.165, 1.54) is 31.3 Å². The van der Waals surface area contributed by atoms with Gasteiger partial charge in [-0.3, -0.25) is 4.79 Å². The van der Waals surface area contributed by atoms with Gasteiger partial charge in [0.2, 0.25) is 5.91 Å².